The molecule has 0 aliphatic carbocycles. The van der Waals surface area contributed by atoms with Gasteiger partial charge in [-0.2, -0.15) is 5.06 Å². The molecule has 342 valence electrons. The first-order valence-corrected chi connectivity index (χ1v) is 21.3. The molecule has 0 saturated carbocycles. The van der Waals surface area contributed by atoms with Crippen molar-refractivity contribution in [1.29, 1.82) is 0 Å². The van der Waals surface area contributed by atoms with E-state index < -0.39 is 124 Å². The summed E-state index contributed by atoms with van der Waals surface area (Å²) in [5.74, 6) is -0.646. The topological polar surface area (TPSA) is 287 Å². The standard InChI is InChI=1S/C39H73NO18/c1-3-4-5-6-7-8-9-10-11-12-13-14-15-16-17-18-19-52-27(44)23-53-40(2)37-32(49)30(47)35(25(21-42)54-37)57-39-34(51)31(48)36(26(22-43)56-39)58-38-33(50)29(46)28(45)24(20-41)55-38/h24-26,28-39,41-43,45-51H,3-23H2,1-2H3/t24-,25-,26-,28-,29+,30-,31-,32-,33-,34-,35-,36-,37-,38-,39+/m1/s1. The molecule has 3 aliphatic rings. The lowest BCUT2D eigenvalue weighted by atomic mass is 9.95. The first-order valence-electron chi connectivity index (χ1n) is 21.3. The fourth-order valence-electron chi connectivity index (χ4n) is 7.46. The molecule has 3 rings (SSSR count). The minimum Gasteiger partial charge on any atom is -0.464 e. The monoisotopic (exact) mass is 843 g/mol. The largest absolute Gasteiger partial charge is 0.464 e. The average Bonchev–Trinajstić information content (AvgIpc) is 3.22. The number of carbonyl (C=O) groups excluding carboxylic acids is 1. The number of rotatable bonds is 28. The lowest BCUT2D eigenvalue weighted by molar-refractivity contribution is -0.381. The van der Waals surface area contributed by atoms with Crippen molar-refractivity contribution < 1.29 is 89.1 Å². The molecule has 15 atom stereocenters. The summed E-state index contributed by atoms with van der Waals surface area (Å²) in [6.45, 7) is -0.400. The van der Waals surface area contributed by atoms with Crippen LogP contribution in [-0.2, 0) is 38.1 Å². The van der Waals surface area contributed by atoms with Crippen molar-refractivity contribution in [3.8, 4) is 0 Å². The van der Waals surface area contributed by atoms with Crippen LogP contribution in [0.5, 0.6) is 0 Å². The zero-order valence-corrected chi connectivity index (χ0v) is 34.2. The molecule has 0 spiro atoms. The molecule has 19 heteroatoms. The molecule has 0 radical (unpaired) electrons. The van der Waals surface area contributed by atoms with Crippen LogP contribution >= 0.6 is 0 Å². The third-order valence-electron chi connectivity index (χ3n) is 11.1. The van der Waals surface area contributed by atoms with Gasteiger partial charge in [-0.3, -0.25) is 4.84 Å². The van der Waals surface area contributed by atoms with E-state index in [1.165, 1.54) is 84.1 Å². The quantitative estimate of drug-likeness (QED) is 0.0260. The van der Waals surface area contributed by atoms with E-state index >= 15 is 0 Å². The highest BCUT2D eigenvalue weighted by Crippen LogP contribution is 2.33. The van der Waals surface area contributed by atoms with Crippen LogP contribution in [0.15, 0.2) is 0 Å². The van der Waals surface area contributed by atoms with Gasteiger partial charge in [-0.15, -0.1) is 0 Å². The molecule has 0 bridgehead atoms. The second-order valence-electron chi connectivity index (χ2n) is 15.7. The van der Waals surface area contributed by atoms with Gasteiger partial charge in [0.15, 0.2) is 25.4 Å². The highest BCUT2D eigenvalue weighted by Gasteiger charge is 2.54. The van der Waals surface area contributed by atoms with E-state index in [0.29, 0.717) is 0 Å². The van der Waals surface area contributed by atoms with E-state index in [1.807, 2.05) is 0 Å². The van der Waals surface area contributed by atoms with Gasteiger partial charge in [-0.1, -0.05) is 103 Å². The lowest BCUT2D eigenvalue weighted by Gasteiger charge is -2.48. The van der Waals surface area contributed by atoms with Crippen LogP contribution in [0, 0.1) is 0 Å². The van der Waals surface area contributed by atoms with Gasteiger partial charge in [0.25, 0.3) is 0 Å². The van der Waals surface area contributed by atoms with Crippen LogP contribution in [0.3, 0.4) is 0 Å². The van der Waals surface area contributed by atoms with Gasteiger partial charge in [0.05, 0.1) is 26.4 Å². The second-order valence-corrected chi connectivity index (χ2v) is 15.7. The molecule has 19 nitrogen and oxygen atoms in total. The number of unbranched alkanes of at least 4 members (excludes halogenated alkanes) is 15. The summed E-state index contributed by atoms with van der Waals surface area (Å²) in [5, 5.41) is 105. The Morgan fingerprint density at radius 2 is 0.931 bits per heavy atom. The Labute approximate surface area is 341 Å². The number of nitrogens with zero attached hydrogens (tertiary/aromatic N) is 1. The first kappa shape index (κ1) is 51.1. The summed E-state index contributed by atoms with van der Waals surface area (Å²) >= 11 is 0. The Balaban J connectivity index is 1.35. The normalized spacial score (nSPS) is 35.7. The van der Waals surface area contributed by atoms with Crippen LogP contribution in [0.25, 0.3) is 0 Å². The number of hydroxylamine groups is 2. The Morgan fingerprint density at radius 3 is 1.41 bits per heavy atom. The molecule has 3 saturated heterocycles. The number of hydrogen-bond acceptors (Lipinski definition) is 19. The van der Waals surface area contributed by atoms with Gasteiger partial charge >= 0.3 is 5.97 Å². The molecular formula is C39H73NO18. The smallest absolute Gasteiger partial charge is 0.334 e. The zero-order valence-electron chi connectivity index (χ0n) is 34.2. The number of aliphatic hydroxyl groups excluding tert-OH is 10. The van der Waals surface area contributed by atoms with Gasteiger partial charge in [-0.25, -0.2) is 4.79 Å². The molecule has 0 aromatic rings. The van der Waals surface area contributed by atoms with Crippen molar-refractivity contribution >= 4 is 5.97 Å². The molecule has 58 heavy (non-hydrogen) atoms. The highest BCUT2D eigenvalue weighted by atomic mass is 16.8. The van der Waals surface area contributed by atoms with Crippen LogP contribution in [0.1, 0.15) is 110 Å². The molecule has 0 amide bonds. The predicted octanol–water partition coefficient (Wildman–Crippen LogP) is -0.897. The van der Waals surface area contributed by atoms with Crippen molar-refractivity contribution in [2.75, 3.05) is 40.1 Å². The molecule has 3 heterocycles. The van der Waals surface area contributed by atoms with Crippen LogP contribution in [0.2, 0.25) is 0 Å². The number of ether oxygens (including phenoxy) is 6. The molecule has 0 unspecified atom stereocenters. The Hall–Kier alpha value is -1.21. The number of likely N-dealkylation sites (N-methyl/N-ethyl adjacent to an activating group) is 1. The minimum absolute atomic E-state index is 0.235. The lowest BCUT2D eigenvalue weighted by Crippen LogP contribution is -2.67. The first-order chi connectivity index (χ1) is 27.9. The fourth-order valence-corrected chi connectivity index (χ4v) is 7.46. The van der Waals surface area contributed by atoms with Crippen LogP contribution in [0.4, 0.5) is 0 Å². The Bertz CT molecular complexity index is 1090. The molecule has 0 aromatic carbocycles. The zero-order chi connectivity index (χ0) is 42.6. The summed E-state index contributed by atoms with van der Waals surface area (Å²) in [7, 11) is 1.34. The number of esters is 1. The summed E-state index contributed by atoms with van der Waals surface area (Å²) in [5.41, 5.74) is 0. The van der Waals surface area contributed by atoms with Crippen LogP contribution in [-0.4, -0.2) is 194 Å². The van der Waals surface area contributed by atoms with Crippen molar-refractivity contribution in [1.82, 2.24) is 5.06 Å². The van der Waals surface area contributed by atoms with Crippen molar-refractivity contribution in [3.63, 3.8) is 0 Å². The summed E-state index contributed by atoms with van der Waals surface area (Å²) in [6, 6.07) is 0. The van der Waals surface area contributed by atoms with E-state index in [2.05, 4.69) is 6.92 Å². The van der Waals surface area contributed by atoms with E-state index in [0.717, 1.165) is 30.7 Å². The number of aliphatic hydroxyl groups is 10. The van der Waals surface area contributed by atoms with Crippen LogP contribution < -0.4 is 0 Å². The van der Waals surface area contributed by atoms with Gasteiger partial charge in [-0.05, 0) is 6.42 Å². The summed E-state index contributed by atoms with van der Waals surface area (Å²) in [6.07, 6.45) is -5.28. The minimum atomic E-state index is -1.95. The highest BCUT2D eigenvalue weighted by molar-refractivity contribution is 5.70. The van der Waals surface area contributed by atoms with E-state index in [9.17, 15) is 55.9 Å². The Kier molecular flexibility index (Phi) is 24.4. The van der Waals surface area contributed by atoms with Gasteiger partial charge in [0.2, 0.25) is 0 Å². The van der Waals surface area contributed by atoms with Crippen molar-refractivity contribution in [2.24, 2.45) is 0 Å². The predicted molar refractivity (Wildman–Crippen MR) is 203 cm³/mol. The van der Waals surface area contributed by atoms with E-state index in [1.54, 1.807) is 0 Å². The maximum atomic E-state index is 12.3. The molecule has 10 N–H and O–H groups in total. The summed E-state index contributed by atoms with van der Waals surface area (Å²) in [4.78, 5) is 17.7. The number of carbonyl (C=O) groups is 1. The van der Waals surface area contributed by atoms with Gasteiger partial charge < -0.3 is 79.5 Å². The van der Waals surface area contributed by atoms with E-state index in [-0.39, 0.29) is 6.61 Å². The molecule has 3 aliphatic heterocycles. The van der Waals surface area contributed by atoms with Crippen molar-refractivity contribution in [2.45, 2.75) is 202 Å². The maximum Gasteiger partial charge on any atom is 0.334 e. The van der Waals surface area contributed by atoms with E-state index in [4.69, 9.17) is 33.3 Å². The SMILES string of the molecule is CCCCCCCCCCCCCCCCCCOC(=O)CON(C)[C@@H]1O[C@H](CO)[C@@H](O[C@@H]2O[C@H](CO)[C@@H](O[C@H]3O[C@H](CO)[C@@H](O)[C@H](O)[C@H]3O)[C@H](O)[C@H]2O)[C@H](O)[C@H]1O. The third kappa shape index (κ3) is 15.6. The maximum absolute atomic E-state index is 12.3. The average molecular weight is 844 g/mol. The molecule has 3 fully saturated rings. The third-order valence-corrected chi connectivity index (χ3v) is 11.1. The van der Waals surface area contributed by atoms with Gasteiger partial charge in [0, 0.05) is 7.05 Å². The number of hydrogen-bond donors (Lipinski definition) is 10. The summed E-state index contributed by atoms with van der Waals surface area (Å²) < 4.78 is 33.1. The molecular weight excluding hydrogens is 770 g/mol. The fraction of sp³-hybridized carbons (Fsp3) is 0.974. The molecule has 0 aromatic heterocycles. The van der Waals surface area contributed by atoms with Gasteiger partial charge in [0.1, 0.15) is 73.2 Å². The second kappa shape index (κ2) is 27.7. The Morgan fingerprint density at radius 1 is 0.517 bits per heavy atom. The van der Waals surface area contributed by atoms with Crippen molar-refractivity contribution in [3.05, 3.63) is 0 Å².